The number of hydrogen-bond donors (Lipinski definition) is 3. The van der Waals surface area contributed by atoms with Gasteiger partial charge >= 0.3 is 5.97 Å². The summed E-state index contributed by atoms with van der Waals surface area (Å²) in [5, 5.41) is 13.9. The number of thioether (sulfide) groups is 1. The maximum atomic E-state index is 11.8. The Kier molecular flexibility index (Phi) is 6.14. The standard InChI is InChI=1S/C12H20N2O4S/c1-7(2)3-8(4-10(15)16)5-13-11(17)9-6-19-12(18)14-9/h7-9H,3-6H2,1-2H3,(H,13,17)(H,14,18)(H,15,16)/t8-,9?/m0/s1. The molecule has 108 valence electrons. The van der Waals surface area contributed by atoms with E-state index >= 15 is 0 Å². The minimum absolute atomic E-state index is 0.0459. The molecule has 19 heavy (non-hydrogen) atoms. The van der Waals surface area contributed by atoms with Crippen LogP contribution in [0.1, 0.15) is 26.7 Å². The lowest BCUT2D eigenvalue weighted by molar-refractivity contribution is -0.138. The Balaban J connectivity index is 2.39. The van der Waals surface area contributed by atoms with Gasteiger partial charge in [0, 0.05) is 18.7 Å². The fourth-order valence-corrected chi connectivity index (χ4v) is 2.82. The highest BCUT2D eigenvalue weighted by atomic mass is 32.2. The van der Waals surface area contributed by atoms with E-state index in [4.69, 9.17) is 5.11 Å². The normalized spacial score (nSPS) is 20.2. The number of carbonyl (C=O) groups is 3. The molecule has 7 heteroatoms. The Morgan fingerprint density at radius 3 is 2.68 bits per heavy atom. The molecule has 0 aromatic heterocycles. The smallest absolute Gasteiger partial charge is 0.303 e. The number of carboxylic acids is 1. The van der Waals surface area contributed by atoms with Gasteiger partial charge in [0.15, 0.2) is 0 Å². The van der Waals surface area contributed by atoms with Crippen LogP contribution < -0.4 is 10.6 Å². The number of hydrogen-bond acceptors (Lipinski definition) is 4. The molecule has 0 aliphatic carbocycles. The summed E-state index contributed by atoms with van der Waals surface area (Å²) in [6.07, 6.45) is 0.794. The summed E-state index contributed by atoms with van der Waals surface area (Å²) in [4.78, 5) is 33.5. The highest BCUT2D eigenvalue weighted by Gasteiger charge is 2.28. The second-order valence-electron chi connectivity index (χ2n) is 5.13. The predicted molar refractivity (Wildman–Crippen MR) is 73.0 cm³/mol. The van der Waals surface area contributed by atoms with Crippen molar-refractivity contribution < 1.29 is 19.5 Å². The third-order valence-electron chi connectivity index (χ3n) is 2.82. The van der Waals surface area contributed by atoms with E-state index in [9.17, 15) is 14.4 Å². The average Bonchev–Trinajstić information content (AvgIpc) is 2.71. The van der Waals surface area contributed by atoms with Gasteiger partial charge in [-0.2, -0.15) is 0 Å². The molecule has 1 rings (SSSR count). The molecule has 0 spiro atoms. The number of aliphatic carboxylic acids is 1. The van der Waals surface area contributed by atoms with Crippen LogP contribution in [0, 0.1) is 11.8 Å². The second kappa shape index (κ2) is 7.37. The van der Waals surface area contributed by atoms with Gasteiger partial charge in [0.25, 0.3) is 5.24 Å². The third kappa shape index (κ3) is 5.96. The van der Waals surface area contributed by atoms with Crippen LogP contribution >= 0.6 is 11.8 Å². The summed E-state index contributed by atoms with van der Waals surface area (Å²) < 4.78 is 0. The number of carboxylic acid groups (broad SMARTS) is 1. The van der Waals surface area contributed by atoms with E-state index < -0.39 is 12.0 Å². The molecule has 1 fully saturated rings. The van der Waals surface area contributed by atoms with Crippen LogP contribution in [-0.4, -0.2) is 40.6 Å². The third-order valence-corrected chi connectivity index (χ3v) is 3.70. The van der Waals surface area contributed by atoms with Crippen LogP contribution in [0.3, 0.4) is 0 Å². The van der Waals surface area contributed by atoms with E-state index in [0.29, 0.717) is 18.2 Å². The zero-order valence-electron chi connectivity index (χ0n) is 11.1. The lowest BCUT2D eigenvalue weighted by Gasteiger charge is -2.19. The molecular formula is C12H20N2O4S. The van der Waals surface area contributed by atoms with Gasteiger partial charge in [-0.15, -0.1) is 0 Å². The zero-order chi connectivity index (χ0) is 14.4. The maximum absolute atomic E-state index is 11.8. The molecule has 6 nitrogen and oxygen atoms in total. The Morgan fingerprint density at radius 2 is 2.21 bits per heavy atom. The first-order chi connectivity index (χ1) is 8.88. The number of amides is 2. The summed E-state index contributed by atoms with van der Waals surface area (Å²) in [5.41, 5.74) is 0. The van der Waals surface area contributed by atoms with E-state index in [0.717, 1.165) is 18.2 Å². The molecule has 0 radical (unpaired) electrons. The van der Waals surface area contributed by atoms with E-state index in [1.807, 2.05) is 13.8 Å². The van der Waals surface area contributed by atoms with Crippen molar-refractivity contribution in [1.29, 1.82) is 0 Å². The molecule has 1 heterocycles. The number of nitrogens with one attached hydrogen (secondary N) is 2. The van der Waals surface area contributed by atoms with Gasteiger partial charge in [-0.1, -0.05) is 25.6 Å². The van der Waals surface area contributed by atoms with E-state index in [-0.39, 0.29) is 23.5 Å². The van der Waals surface area contributed by atoms with Crippen LogP contribution in [0.25, 0.3) is 0 Å². The van der Waals surface area contributed by atoms with Gasteiger partial charge in [0.05, 0.1) is 0 Å². The zero-order valence-corrected chi connectivity index (χ0v) is 12.0. The van der Waals surface area contributed by atoms with Crippen molar-refractivity contribution in [3.05, 3.63) is 0 Å². The van der Waals surface area contributed by atoms with Crippen molar-refractivity contribution in [2.75, 3.05) is 12.3 Å². The molecule has 0 aromatic rings. The van der Waals surface area contributed by atoms with Crippen molar-refractivity contribution in [2.45, 2.75) is 32.7 Å². The van der Waals surface area contributed by atoms with Gasteiger partial charge in [-0.05, 0) is 18.3 Å². The van der Waals surface area contributed by atoms with Crippen LogP contribution in [0.2, 0.25) is 0 Å². The van der Waals surface area contributed by atoms with E-state index in [1.54, 1.807) is 0 Å². The van der Waals surface area contributed by atoms with Gasteiger partial charge in [0.1, 0.15) is 6.04 Å². The molecule has 2 atom stereocenters. The highest BCUT2D eigenvalue weighted by molar-refractivity contribution is 8.14. The van der Waals surface area contributed by atoms with Crippen LogP contribution in [-0.2, 0) is 9.59 Å². The van der Waals surface area contributed by atoms with Gasteiger partial charge < -0.3 is 15.7 Å². The maximum Gasteiger partial charge on any atom is 0.303 e. The molecule has 2 amide bonds. The average molecular weight is 288 g/mol. The van der Waals surface area contributed by atoms with Gasteiger partial charge in [0.2, 0.25) is 5.91 Å². The fraction of sp³-hybridized carbons (Fsp3) is 0.750. The van der Waals surface area contributed by atoms with Crippen LogP contribution in [0.4, 0.5) is 4.79 Å². The predicted octanol–water partition coefficient (Wildman–Crippen LogP) is 1.06. The molecule has 0 bridgehead atoms. The molecule has 3 N–H and O–H groups in total. The van der Waals surface area contributed by atoms with Crippen molar-refractivity contribution in [1.82, 2.24) is 10.6 Å². The first-order valence-electron chi connectivity index (χ1n) is 6.31. The Bertz CT molecular complexity index is 360. The lowest BCUT2D eigenvalue weighted by Crippen LogP contribution is -2.44. The summed E-state index contributed by atoms with van der Waals surface area (Å²) in [7, 11) is 0. The topological polar surface area (TPSA) is 95.5 Å². The Morgan fingerprint density at radius 1 is 1.53 bits per heavy atom. The Hall–Kier alpha value is -1.24. The molecule has 0 saturated carbocycles. The SMILES string of the molecule is CC(C)C[C@H](CNC(=O)C1CSC(=O)N1)CC(=O)O. The molecule has 1 saturated heterocycles. The van der Waals surface area contributed by atoms with Gasteiger partial charge in [-0.3, -0.25) is 14.4 Å². The van der Waals surface area contributed by atoms with Gasteiger partial charge in [-0.25, -0.2) is 0 Å². The minimum Gasteiger partial charge on any atom is -0.481 e. The van der Waals surface area contributed by atoms with Crippen LogP contribution in [0.15, 0.2) is 0 Å². The second-order valence-corrected chi connectivity index (χ2v) is 6.13. The first-order valence-corrected chi connectivity index (χ1v) is 7.29. The first kappa shape index (κ1) is 15.8. The fourth-order valence-electron chi connectivity index (χ4n) is 2.05. The Labute approximate surface area is 116 Å². The molecule has 0 aromatic carbocycles. The molecule has 1 aliphatic rings. The summed E-state index contributed by atoms with van der Waals surface area (Å²) in [6.45, 7) is 4.37. The van der Waals surface area contributed by atoms with Crippen LogP contribution in [0.5, 0.6) is 0 Å². The van der Waals surface area contributed by atoms with E-state index in [2.05, 4.69) is 10.6 Å². The lowest BCUT2D eigenvalue weighted by atomic mass is 9.94. The quantitative estimate of drug-likeness (QED) is 0.651. The highest BCUT2D eigenvalue weighted by Crippen LogP contribution is 2.16. The monoisotopic (exact) mass is 288 g/mol. The molecule has 1 aliphatic heterocycles. The summed E-state index contributed by atoms with van der Waals surface area (Å²) in [5.74, 6) is -0.366. The molecular weight excluding hydrogens is 268 g/mol. The number of carbonyl (C=O) groups excluding carboxylic acids is 2. The summed E-state index contributed by atoms with van der Waals surface area (Å²) in [6, 6.07) is -0.498. The van der Waals surface area contributed by atoms with Crippen molar-refractivity contribution in [3.8, 4) is 0 Å². The largest absolute Gasteiger partial charge is 0.481 e. The minimum atomic E-state index is -0.857. The number of rotatable bonds is 7. The van der Waals surface area contributed by atoms with Crippen molar-refractivity contribution in [3.63, 3.8) is 0 Å². The molecule has 1 unspecified atom stereocenters. The van der Waals surface area contributed by atoms with Crippen molar-refractivity contribution in [2.24, 2.45) is 11.8 Å². The van der Waals surface area contributed by atoms with E-state index in [1.165, 1.54) is 0 Å². The van der Waals surface area contributed by atoms with Crippen molar-refractivity contribution >= 4 is 28.9 Å². The summed E-state index contributed by atoms with van der Waals surface area (Å²) >= 11 is 1.08.